The monoisotopic (exact) mass is 286 g/mol. The van der Waals surface area contributed by atoms with Crippen molar-refractivity contribution in [3.63, 3.8) is 0 Å². The minimum atomic E-state index is 0.626. The van der Waals surface area contributed by atoms with Crippen LogP contribution >= 0.6 is 0 Å². The Morgan fingerprint density at radius 1 is 1.14 bits per heavy atom. The van der Waals surface area contributed by atoms with Crippen LogP contribution in [0.4, 0.5) is 0 Å². The molecule has 1 N–H and O–H groups in total. The fourth-order valence-electron chi connectivity index (χ4n) is 4.52. The molecule has 0 radical (unpaired) electrons. The Hall–Kier alpha value is -1.06. The Balaban J connectivity index is 1.59. The highest BCUT2D eigenvalue weighted by Crippen LogP contribution is 2.37. The largest absolute Gasteiger partial charge is 0.497 e. The van der Waals surface area contributed by atoms with Crippen LogP contribution in [-0.4, -0.2) is 37.2 Å². The number of likely N-dealkylation sites (tertiary alicyclic amines) is 1. The van der Waals surface area contributed by atoms with Crippen LogP contribution in [0.5, 0.6) is 5.75 Å². The van der Waals surface area contributed by atoms with Crippen LogP contribution in [0.2, 0.25) is 0 Å². The molecule has 0 aromatic heterocycles. The summed E-state index contributed by atoms with van der Waals surface area (Å²) in [6.45, 7) is 2.48. The van der Waals surface area contributed by atoms with Gasteiger partial charge in [0.05, 0.1) is 7.11 Å². The molecule has 3 heteroatoms. The average molecular weight is 286 g/mol. The zero-order chi connectivity index (χ0) is 14.2. The molecule has 0 spiro atoms. The third-order valence-corrected chi connectivity index (χ3v) is 5.63. The van der Waals surface area contributed by atoms with E-state index >= 15 is 0 Å². The number of fused-ring (bicyclic) bond motifs is 3. The summed E-state index contributed by atoms with van der Waals surface area (Å²) in [7, 11) is 1.76. The molecule has 1 aromatic carbocycles. The lowest BCUT2D eigenvalue weighted by Gasteiger charge is -2.37. The SMILES string of the molecule is COc1ccc2c(c1)CCCC2N1CCC2CCC(C1)N2. The number of benzene rings is 1. The molecule has 3 unspecified atom stereocenters. The molecule has 2 saturated heterocycles. The molecule has 2 fully saturated rings. The van der Waals surface area contributed by atoms with Crippen LogP contribution in [0.25, 0.3) is 0 Å². The fraction of sp³-hybridized carbons (Fsp3) is 0.667. The Bertz CT molecular complexity index is 516. The highest BCUT2D eigenvalue weighted by Gasteiger charge is 2.34. The summed E-state index contributed by atoms with van der Waals surface area (Å²) in [4.78, 5) is 2.75. The van der Waals surface area contributed by atoms with Gasteiger partial charge >= 0.3 is 0 Å². The first-order chi connectivity index (χ1) is 10.3. The summed E-state index contributed by atoms with van der Waals surface area (Å²) in [5, 5.41) is 3.80. The van der Waals surface area contributed by atoms with E-state index in [-0.39, 0.29) is 0 Å². The zero-order valence-corrected chi connectivity index (χ0v) is 13.0. The van der Waals surface area contributed by atoms with Crippen molar-refractivity contribution in [3.05, 3.63) is 29.3 Å². The van der Waals surface area contributed by atoms with Gasteiger partial charge in [0.15, 0.2) is 0 Å². The molecule has 3 atom stereocenters. The lowest BCUT2D eigenvalue weighted by atomic mass is 9.86. The van der Waals surface area contributed by atoms with Crippen LogP contribution in [0.1, 0.15) is 49.3 Å². The lowest BCUT2D eigenvalue weighted by Crippen LogP contribution is -2.38. The summed E-state index contributed by atoms with van der Waals surface area (Å²) in [5.74, 6) is 1.01. The molecular formula is C18H26N2O. The van der Waals surface area contributed by atoms with E-state index in [1.54, 1.807) is 12.7 Å². The van der Waals surface area contributed by atoms with Gasteiger partial charge < -0.3 is 10.1 Å². The van der Waals surface area contributed by atoms with Crippen LogP contribution in [0.15, 0.2) is 18.2 Å². The maximum atomic E-state index is 5.40. The van der Waals surface area contributed by atoms with Crippen LogP contribution in [0.3, 0.4) is 0 Å². The number of rotatable bonds is 2. The Labute approximate surface area is 127 Å². The van der Waals surface area contributed by atoms with E-state index in [9.17, 15) is 0 Å². The van der Waals surface area contributed by atoms with Gasteiger partial charge in [0.25, 0.3) is 0 Å². The molecular weight excluding hydrogens is 260 g/mol. The lowest BCUT2D eigenvalue weighted by molar-refractivity contribution is 0.170. The highest BCUT2D eigenvalue weighted by atomic mass is 16.5. The first-order valence-electron chi connectivity index (χ1n) is 8.50. The van der Waals surface area contributed by atoms with Crippen molar-refractivity contribution < 1.29 is 4.74 Å². The van der Waals surface area contributed by atoms with Crippen LogP contribution < -0.4 is 10.1 Å². The number of methoxy groups -OCH3 is 1. The van der Waals surface area contributed by atoms with E-state index < -0.39 is 0 Å². The second kappa shape index (κ2) is 5.62. The van der Waals surface area contributed by atoms with Gasteiger partial charge in [-0.05, 0) is 61.8 Å². The number of ether oxygens (including phenoxy) is 1. The molecule has 2 heterocycles. The molecule has 1 aromatic rings. The summed E-state index contributed by atoms with van der Waals surface area (Å²) in [6, 6.07) is 8.83. The van der Waals surface area contributed by atoms with Gasteiger partial charge in [-0.25, -0.2) is 0 Å². The molecule has 114 valence electrons. The van der Waals surface area contributed by atoms with Gasteiger partial charge in [-0.15, -0.1) is 0 Å². The summed E-state index contributed by atoms with van der Waals surface area (Å²) in [6.07, 6.45) is 7.90. The van der Waals surface area contributed by atoms with E-state index in [1.807, 2.05) is 0 Å². The van der Waals surface area contributed by atoms with Crippen molar-refractivity contribution in [3.8, 4) is 5.75 Å². The van der Waals surface area contributed by atoms with E-state index in [2.05, 4.69) is 28.4 Å². The van der Waals surface area contributed by atoms with Gasteiger partial charge in [0, 0.05) is 31.2 Å². The number of hydrogen-bond donors (Lipinski definition) is 1. The molecule has 2 aliphatic heterocycles. The number of nitrogens with zero attached hydrogens (tertiary/aromatic N) is 1. The molecule has 4 rings (SSSR count). The normalized spacial score (nSPS) is 32.5. The van der Waals surface area contributed by atoms with Crippen molar-refractivity contribution >= 4 is 0 Å². The first-order valence-corrected chi connectivity index (χ1v) is 8.50. The third kappa shape index (κ3) is 2.58. The summed E-state index contributed by atoms with van der Waals surface area (Å²) in [5.41, 5.74) is 3.06. The molecule has 3 aliphatic rings. The number of aryl methyl sites for hydroxylation is 1. The molecule has 2 bridgehead atoms. The van der Waals surface area contributed by atoms with E-state index in [0.717, 1.165) is 17.8 Å². The quantitative estimate of drug-likeness (QED) is 0.905. The third-order valence-electron chi connectivity index (χ3n) is 5.63. The summed E-state index contributed by atoms with van der Waals surface area (Å²) >= 11 is 0. The highest BCUT2D eigenvalue weighted by molar-refractivity contribution is 5.39. The average Bonchev–Trinajstić information content (AvgIpc) is 2.85. The van der Waals surface area contributed by atoms with Gasteiger partial charge in [0.1, 0.15) is 5.75 Å². The summed E-state index contributed by atoms with van der Waals surface area (Å²) < 4.78 is 5.40. The maximum absolute atomic E-state index is 5.40. The van der Waals surface area contributed by atoms with Gasteiger partial charge in [-0.2, -0.15) is 0 Å². The molecule has 0 saturated carbocycles. The van der Waals surface area contributed by atoms with E-state index in [0.29, 0.717) is 6.04 Å². The second-order valence-electron chi connectivity index (χ2n) is 6.89. The van der Waals surface area contributed by atoms with E-state index in [1.165, 1.54) is 57.2 Å². The minimum absolute atomic E-state index is 0.626. The van der Waals surface area contributed by atoms with Crippen LogP contribution in [-0.2, 0) is 6.42 Å². The Morgan fingerprint density at radius 2 is 2.05 bits per heavy atom. The molecule has 21 heavy (non-hydrogen) atoms. The standard InChI is InChI=1S/C18H26N2O/c1-21-16-7-8-17-13(11-16)3-2-4-18(17)20-10-9-14-5-6-15(12-20)19-14/h7-8,11,14-15,18-19H,2-6,9-10,12H2,1H3. The predicted octanol–water partition coefficient (Wildman–Crippen LogP) is 2.90. The smallest absolute Gasteiger partial charge is 0.119 e. The van der Waals surface area contributed by atoms with Gasteiger partial charge in [0.2, 0.25) is 0 Å². The first kappa shape index (κ1) is 13.6. The topological polar surface area (TPSA) is 24.5 Å². The molecule has 0 amide bonds. The number of nitrogens with one attached hydrogen (secondary N) is 1. The molecule has 1 aliphatic carbocycles. The fourth-order valence-corrected chi connectivity index (χ4v) is 4.52. The van der Waals surface area contributed by atoms with Crippen molar-refractivity contribution in [2.75, 3.05) is 20.2 Å². The van der Waals surface area contributed by atoms with E-state index in [4.69, 9.17) is 4.74 Å². The van der Waals surface area contributed by atoms with Crippen molar-refractivity contribution in [2.24, 2.45) is 0 Å². The Morgan fingerprint density at radius 3 is 2.95 bits per heavy atom. The Kier molecular flexibility index (Phi) is 3.64. The van der Waals surface area contributed by atoms with Gasteiger partial charge in [-0.3, -0.25) is 4.90 Å². The van der Waals surface area contributed by atoms with Crippen LogP contribution in [0, 0.1) is 0 Å². The second-order valence-corrected chi connectivity index (χ2v) is 6.89. The van der Waals surface area contributed by atoms with Crippen molar-refractivity contribution in [1.82, 2.24) is 10.2 Å². The maximum Gasteiger partial charge on any atom is 0.119 e. The van der Waals surface area contributed by atoms with Crippen molar-refractivity contribution in [1.29, 1.82) is 0 Å². The minimum Gasteiger partial charge on any atom is -0.497 e. The van der Waals surface area contributed by atoms with Crippen molar-refractivity contribution in [2.45, 2.75) is 56.7 Å². The predicted molar refractivity (Wildman–Crippen MR) is 84.8 cm³/mol. The molecule has 3 nitrogen and oxygen atoms in total. The van der Waals surface area contributed by atoms with Gasteiger partial charge in [-0.1, -0.05) is 6.07 Å². The zero-order valence-electron chi connectivity index (χ0n) is 13.0. The number of hydrogen-bond acceptors (Lipinski definition) is 3.